The lowest BCUT2D eigenvalue weighted by Gasteiger charge is -2.17. The highest BCUT2D eigenvalue weighted by atomic mass is 19.1. The minimum absolute atomic E-state index is 0.0114. The van der Waals surface area contributed by atoms with E-state index in [1.165, 1.54) is 12.1 Å². The Labute approximate surface area is 180 Å². The molecule has 2 aromatic carbocycles. The lowest BCUT2D eigenvalue weighted by Crippen LogP contribution is -2.42. The van der Waals surface area contributed by atoms with Crippen LogP contribution in [0.1, 0.15) is 11.1 Å². The van der Waals surface area contributed by atoms with E-state index in [9.17, 15) is 23.9 Å². The van der Waals surface area contributed by atoms with E-state index in [1.54, 1.807) is 12.1 Å². The molecule has 1 saturated heterocycles. The number of carbonyl (C=O) groups is 3. The van der Waals surface area contributed by atoms with Crippen LogP contribution in [0.2, 0.25) is 0 Å². The van der Waals surface area contributed by atoms with Crippen molar-refractivity contribution in [3.63, 3.8) is 0 Å². The predicted molar refractivity (Wildman–Crippen MR) is 113 cm³/mol. The van der Waals surface area contributed by atoms with E-state index in [0.717, 1.165) is 16.0 Å². The number of carboxylic acid groups (broad SMARTS) is 1. The first-order valence-corrected chi connectivity index (χ1v) is 10.3. The maximum atomic E-state index is 13.0. The molecule has 0 saturated carbocycles. The van der Waals surface area contributed by atoms with Crippen molar-refractivity contribution in [3.8, 4) is 0 Å². The maximum Gasteiger partial charge on any atom is 0.407 e. The summed E-state index contributed by atoms with van der Waals surface area (Å²) >= 11 is 0. The summed E-state index contributed by atoms with van der Waals surface area (Å²) in [5, 5.41) is 14.9. The summed E-state index contributed by atoms with van der Waals surface area (Å²) in [6.45, 7) is 0.693. The monoisotopic (exact) mass is 427 g/mol. The van der Waals surface area contributed by atoms with Gasteiger partial charge >= 0.3 is 6.09 Å². The SMILES string of the molecule is O=C(NCCc1ccccc1)C1CN(C(=O)O)CC1C(=O)NCCc1ccc(F)cc1. The van der Waals surface area contributed by atoms with Crippen molar-refractivity contribution in [3.05, 3.63) is 71.5 Å². The zero-order valence-electron chi connectivity index (χ0n) is 17.1. The molecule has 1 aliphatic rings. The van der Waals surface area contributed by atoms with Crippen LogP contribution >= 0.6 is 0 Å². The van der Waals surface area contributed by atoms with E-state index in [-0.39, 0.29) is 30.7 Å². The van der Waals surface area contributed by atoms with Gasteiger partial charge in [-0.3, -0.25) is 9.59 Å². The highest BCUT2D eigenvalue weighted by molar-refractivity contribution is 5.89. The molecule has 164 valence electrons. The molecule has 3 N–H and O–H groups in total. The summed E-state index contributed by atoms with van der Waals surface area (Å²) in [5.41, 5.74) is 1.95. The van der Waals surface area contributed by atoms with Crippen LogP contribution in [0.5, 0.6) is 0 Å². The van der Waals surface area contributed by atoms with E-state index >= 15 is 0 Å². The van der Waals surface area contributed by atoms with Crippen LogP contribution in [0.25, 0.3) is 0 Å². The molecule has 1 heterocycles. The van der Waals surface area contributed by atoms with Gasteiger partial charge in [0, 0.05) is 26.2 Å². The standard InChI is InChI=1S/C23H26FN3O4/c24-18-8-6-17(7-9-18)11-13-26-22(29)20-15-27(23(30)31)14-19(20)21(28)25-12-10-16-4-2-1-3-5-16/h1-9,19-20H,10-15H2,(H,25,28)(H,26,29)(H,30,31). The molecular formula is C23H26FN3O4. The second-order valence-electron chi connectivity index (χ2n) is 7.59. The Balaban J connectivity index is 1.53. The molecule has 0 radical (unpaired) electrons. The second-order valence-corrected chi connectivity index (χ2v) is 7.59. The number of benzene rings is 2. The zero-order valence-corrected chi connectivity index (χ0v) is 17.1. The number of amides is 3. The van der Waals surface area contributed by atoms with Gasteiger partial charge in [-0.05, 0) is 36.1 Å². The van der Waals surface area contributed by atoms with Gasteiger partial charge < -0.3 is 20.6 Å². The summed E-state index contributed by atoms with van der Waals surface area (Å²) < 4.78 is 13.0. The highest BCUT2D eigenvalue weighted by Crippen LogP contribution is 2.24. The molecule has 31 heavy (non-hydrogen) atoms. The Kier molecular flexibility index (Phi) is 7.59. The van der Waals surface area contributed by atoms with E-state index in [1.807, 2.05) is 30.3 Å². The van der Waals surface area contributed by atoms with Gasteiger partial charge in [0.25, 0.3) is 0 Å². The van der Waals surface area contributed by atoms with Crippen molar-refractivity contribution in [1.29, 1.82) is 0 Å². The summed E-state index contributed by atoms with van der Waals surface area (Å²) in [7, 11) is 0. The smallest absolute Gasteiger partial charge is 0.407 e. The Hall–Kier alpha value is -3.42. The number of halogens is 1. The topological polar surface area (TPSA) is 98.7 Å². The fourth-order valence-corrected chi connectivity index (χ4v) is 3.71. The molecule has 0 aliphatic carbocycles. The molecule has 0 aromatic heterocycles. The van der Waals surface area contributed by atoms with Crippen molar-refractivity contribution in [2.45, 2.75) is 12.8 Å². The normalized spacial score (nSPS) is 17.9. The molecule has 1 fully saturated rings. The predicted octanol–water partition coefficient (Wildman–Crippen LogP) is 2.07. The van der Waals surface area contributed by atoms with Crippen LogP contribution in [0.4, 0.5) is 9.18 Å². The van der Waals surface area contributed by atoms with Crippen molar-refractivity contribution in [2.24, 2.45) is 11.8 Å². The second kappa shape index (κ2) is 10.6. The third-order valence-corrected chi connectivity index (χ3v) is 5.45. The van der Waals surface area contributed by atoms with E-state index in [4.69, 9.17) is 0 Å². The molecule has 3 amide bonds. The first-order chi connectivity index (χ1) is 14.9. The van der Waals surface area contributed by atoms with Gasteiger partial charge in [-0.25, -0.2) is 9.18 Å². The third-order valence-electron chi connectivity index (χ3n) is 5.45. The number of nitrogens with zero attached hydrogens (tertiary/aromatic N) is 1. The quantitative estimate of drug-likeness (QED) is 0.601. The van der Waals surface area contributed by atoms with Crippen LogP contribution in [-0.4, -0.2) is 54.1 Å². The van der Waals surface area contributed by atoms with E-state index in [0.29, 0.717) is 25.9 Å². The minimum atomic E-state index is -1.15. The summed E-state index contributed by atoms with van der Waals surface area (Å²) in [6.07, 6.45) is 0.00918. The van der Waals surface area contributed by atoms with Gasteiger partial charge in [0.15, 0.2) is 0 Å². The molecule has 2 unspecified atom stereocenters. The van der Waals surface area contributed by atoms with Crippen molar-refractivity contribution in [2.75, 3.05) is 26.2 Å². The van der Waals surface area contributed by atoms with Crippen LogP contribution in [0.15, 0.2) is 54.6 Å². The highest BCUT2D eigenvalue weighted by Gasteiger charge is 2.43. The molecule has 0 bridgehead atoms. The Morgan fingerprint density at radius 2 is 1.32 bits per heavy atom. The fraction of sp³-hybridized carbons (Fsp3) is 0.348. The van der Waals surface area contributed by atoms with Gasteiger partial charge in [0.1, 0.15) is 5.82 Å². The van der Waals surface area contributed by atoms with Gasteiger partial charge in [-0.15, -0.1) is 0 Å². The van der Waals surface area contributed by atoms with Crippen LogP contribution in [0, 0.1) is 17.7 Å². The number of rotatable bonds is 8. The number of hydrogen-bond donors (Lipinski definition) is 3. The Morgan fingerprint density at radius 1 is 0.839 bits per heavy atom. The zero-order chi connectivity index (χ0) is 22.2. The molecule has 3 rings (SSSR count). The Bertz CT molecular complexity index is 905. The third kappa shape index (κ3) is 6.28. The average molecular weight is 427 g/mol. The number of likely N-dealkylation sites (tertiary alicyclic amines) is 1. The van der Waals surface area contributed by atoms with Crippen molar-refractivity contribution < 1.29 is 23.9 Å². The first kappa shape index (κ1) is 22.3. The van der Waals surface area contributed by atoms with Gasteiger partial charge in [0.2, 0.25) is 11.8 Å². The van der Waals surface area contributed by atoms with E-state index in [2.05, 4.69) is 10.6 Å². The number of hydrogen-bond acceptors (Lipinski definition) is 3. The largest absolute Gasteiger partial charge is 0.465 e. The molecule has 2 atom stereocenters. The van der Waals surface area contributed by atoms with E-state index < -0.39 is 17.9 Å². The Morgan fingerprint density at radius 3 is 1.81 bits per heavy atom. The summed E-state index contributed by atoms with van der Waals surface area (Å²) in [6, 6.07) is 15.7. The average Bonchev–Trinajstić information content (AvgIpc) is 3.22. The van der Waals surface area contributed by atoms with Gasteiger partial charge in [0.05, 0.1) is 11.8 Å². The van der Waals surface area contributed by atoms with Gasteiger partial charge in [-0.2, -0.15) is 0 Å². The van der Waals surface area contributed by atoms with Crippen LogP contribution < -0.4 is 10.6 Å². The van der Waals surface area contributed by atoms with Crippen LogP contribution in [0.3, 0.4) is 0 Å². The minimum Gasteiger partial charge on any atom is -0.465 e. The molecule has 2 aromatic rings. The van der Waals surface area contributed by atoms with Crippen molar-refractivity contribution in [1.82, 2.24) is 15.5 Å². The summed E-state index contributed by atoms with van der Waals surface area (Å²) in [5.74, 6) is -2.49. The molecule has 1 aliphatic heterocycles. The summed E-state index contributed by atoms with van der Waals surface area (Å²) in [4.78, 5) is 37.9. The number of nitrogens with one attached hydrogen (secondary N) is 2. The lowest BCUT2D eigenvalue weighted by molar-refractivity contribution is -0.132. The molecule has 0 spiro atoms. The van der Waals surface area contributed by atoms with Crippen LogP contribution in [-0.2, 0) is 22.4 Å². The lowest BCUT2D eigenvalue weighted by atomic mass is 9.94. The first-order valence-electron chi connectivity index (χ1n) is 10.3. The van der Waals surface area contributed by atoms with Crippen molar-refractivity contribution >= 4 is 17.9 Å². The molecule has 8 heteroatoms. The fourth-order valence-electron chi connectivity index (χ4n) is 3.71. The van der Waals surface area contributed by atoms with Gasteiger partial charge in [-0.1, -0.05) is 42.5 Å². The maximum absolute atomic E-state index is 13.0. The number of carbonyl (C=O) groups excluding carboxylic acids is 2. The molecular weight excluding hydrogens is 401 g/mol. The molecule has 7 nitrogen and oxygen atoms in total.